The van der Waals surface area contributed by atoms with Crippen LogP contribution in [0.4, 0.5) is 0 Å². The van der Waals surface area contributed by atoms with Gasteiger partial charge < -0.3 is 4.90 Å². The zero-order valence-electron chi connectivity index (χ0n) is 11.1. The van der Waals surface area contributed by atoms with E-state index in [9.17, 15) is 4.79 Å². The second kappa shape index (κ2) is 5.40. The van der Waals surface area contributed by atoms with Gasteiger partial charge in [0, 0.05) is 22.7 Å². The number of aryl methyl sites for hydroxylation is 1. The van der Waals surface area contributed by atoms with E-state index in [1.54, 1.807) is 16.2 Å². The number of nitrogens with zero attached hydrogens (tertiary/aromatic N) is 1. The fraction of sp³-hybridized carbons (Fsp3) is 0.615. The van der Waals surface area contributed by atoms with Crippen LogP contribution in [0.15, 0.2) is 12.1 Å². The number of amides is 1. The summed E-state index contributed by atoms with van der Waals surface area (Å²) in [7, 11) is 1.84. The van der Waals surface area contributed by atoms with E-state index in [-0.39, 0.29) is 11.9 Å². The molecule has 0 N–H and O–H groups in total. The molecule has 0 saturated heterocycles. The van der Waals surface area contributed by atoms with E-state index in [0.717, 1.165) is 0 Å². The van der Waals surface area contributed by atoms with Crippen LogP contribution in [-0.2, 0) is 4.79 Å². The summed E-state index contributed by atoms with van der Waals surface area (Å²) in [4.78, 5) is 16.5. The van der Waals surface area contributed by atoms with Gasteiger partial charge in [-0.05, 0) is 39.8 Å². The molecule has 1 aromatic rings. The summed E-state index contributed by atoms with van der Waals surface area (Å²) in [5.74, 6) is 0.429. The van der Waals surface area contributed by atoms with Crippen LogP contribution in [0, 0.1) is 12.3 Å². The molecule has 17 heavy (non-hydrogen) atoms. The second-order valence-electron chi connectivity index (χ2n) is 5.06. The first-order valence-corrected chi connectivity index (χ1v) is 7.04. The SMILES string of the molecule is Cc1ccc(C(C)N(C)C(=O)C(C)(C)CCl)s1. The molecule has 1 unspecified atom stereocenters. The van der Waals surface area contributed by atoms with E-state index in [2.05, 4.69) is 19.1 Å². The normalized spacial score (nSPS) is 13.5. The van der Waals surface area contributed by atoms with E-state index >= 15 is 0 Å². The highest BCUT2D eigenvalue weighted by Crippen LogP contribution is 2.30. The van der Waals surface area contributed by atoms with Crippen LogP contribution in [0.3, 0.4) is 0 Å². The maximum atomic E-state index is 12.3. The van der Waals surface area contributed by atoms with Gasteiger partial charge in [0.05, 0.1) is 11.5 Å². The maximum Gasteiger partial charge on any atom is 0.229 e. The zero-order chi connectivity index (χ0) is 13.2. The highest BCUT2D eigenvalue weighted by Gasteiger charge is 2.32. The summed E-state index contributed by atoms with van der Waals surface area (Å²) >= 11 is 7.57. The van der Waals surface area contributed by atoms with Crippen molar-refractivity contribution in [3.05, 3.63) is 21.9 Å². The number of thiophene rings is 1. The van der Waals surface area contributed by atoms with Gasteiger partial charge in [-0.3, -0.25) is 4.79 Å². The van der Waals surface area contributed by atoms with Crippen molar-refractivity contribution >= 4 is 28.8 Å². The predicted molar refractivity (Wildman–Crippen MR) is 74.7 cm³/mol. The van der Waals surface area contributed by atoms with Gasteiger partial charge in [0.15, 0.2) is 0 Å². The largest absolute Gasteiger partial charge is 0.338 e. The van der Waals surface area contributed by atoms with Crippen molar-refractivity contribution < 1.29 is 4.79 Å². The van der Waals surface area contributed by atoms with E-state index < -0.39 is 5.41 Å². The van der Waals surface area contributed by atoms with Crippen molar-refractivity contribution in [2.45, 2.75) is 33.7 Å². The number of alkyl halides is 1. The molecule has 1 aromatic heterocycles. The van der Waals surface area contributed by atoms with E-state index in [4.69, 9.17) is 11.6 Å². The molecule has 1 amide bonds. The molecule has 1 atom stereocenters. The molecule has 0 fully saturated rings. The summed E-state index contributed by atoms with van der Waals surface area (Å²) in [5, 5.41) is 0. The third kappa shape index (κ3) is 3.23. The number of carbonyl (C=O) groups is 1. The molecule has 1 rings (SSSR count). The Bertz CT molecular complexity index is 400. The minimum atomic E-state index is -0.503. The van der Waals surface area contributed by atoms with Crippen LogP contribution < -0.4 is 0 Å². The highest BCUT2D eigenvalue weighted by molar-refractivity contribution is 7.12. The Morgan fingerprint density at radius 1 is 1.53 bits per heavy atom. The first kappa shape index (κ1) is 14.5. The summed E-state index contributed by atoms with van der Waals surface area (Å²) in [6.45, 7) is 7.88. The van der Waals surface area contributed by atoms with Gasteiger partial charge >= 0.3 is 0 Å². The minimum Gasteiger partial charge on any atom is -0.338 e. The van der Waals surface area contributed by atoms with Gasteiger partial charge in [-0.1, -0.05) is 0 Å². The summed E-state index contributed by atoms with van der Waals surface area (Å²) in [6, 6.07) is 4.27. The number of halogens is 1. The van der Waals surface area contributed by atoms with E-state index in [0.29, 0.717) is 5.88 Å². The molecular formula is C13H20ClNOS. The van der Waals surface area contributed by atoms with Gasteiger partial charge in [0.1, 0.15) is 0 Å². The molecule has 0 radical (unpaired) electrons. The first-order chi connectivity index (χ1) is 7.79. The summed E-state index contributed by atoms with van der Waals surface area (Å²) in [5.41, 5.74) is -0.503. The molecule has 0 aliphatic rings. The van der Waals surface area contributed by atoms with Crippen molar-refractivity contribution in [2.75, 3.05) is 12.9 Å². The van der Waals surface area contributed by atoms with Crippen LogP contribution in [0.1, 0.15) is 36.6 Å². The average molecular weight is 274 g/mol. The van der Waals surface area contributed by atoms with Crippen molar-refractivity contribution in [3.8, 4) is 0 Å². The van der Waals surface area contributed by atoms with Crippen LogP contribution >= 0.6 is 22.9 Å². The van der Waals surface area contributed by atoms with Crippen molar-refractivity contribution in [3.63, 3.8) is 0 Å². The Hall–Kier alpha value is -0.540. The third-order valence-corrected chi connectivity index (χ3v) is 4.83. The molecule has 0 spiro atoms. The fourth-order valence-corrected chi connectivity index (χ4v) is 2.67. The fourth-order valence-electron chi connectivity index (χ4n) is 1.58. The summed E-state index contributed by atoms with van der Waals surface area (Å²) in [6.07, 6.45) is 0. The van der Waals surface area contributed by atoms with Crippen LogP contribution in [0.2, 0.25) is 0 Å². The standard InChI is InChI=1S/C13H20ClNOS/c1-9-6-7-11(17-9)10(2)15(5)12(16)13(3,4)8-14/h6-7,10H,8H2,1-5H3. The Kier molecular flexibility index (Phi) is 4.62. The Morgan fingerprint density at radius 2 is 2.12 bits per heavy atom. The second-order valence-corrected chi connectivity index (χ2v) is 6.64. The van der Waals surface area contributed by atoms with Gasteiger partial charge in [0.25, 0.3) is 0 Å². The average Bonchev–Trinajstić information content (AvgIpc) is 2.72. The van der Waals surface area contributed by atoms with Crippen molar-refractivity contribution in [2.24, 2.45) is 5.41 Å². The highest BCUT2D eigenvalue weighted by atomic mass is 35.5. The Morgan fingerprint density at radius 3 is 2.53 bits per heavy atom. The number of carbonyl (C=O) groups excluding carboxylic acids is 1. The number of hydrogen-bond donors (Lipinski definition) is 0. The van der Waals surface area contributed by atoms with E-state index in [1.807, 2.05) is 27.8 Å². The van der Waals surface area contributed by atoms with Crippen molar-refractivity contribution in [1.82, 2.24) is 4.90 Å². The quantitative estimate of drug-likeness (QED) is 0.764. The first-order valence-electron chi connectivity index (χ1n) is 5.69. The lowest BCUT2D eigenvalue weighted by Gasteiger charge is -2.31. The smallest absolute Gasteiger partial charge is 0.229 e. The molecule has 1 heterocycles. The minimum absolute atomic E-state index is 0.0889. The molecule has 96 valence electrons. The predicted octanol–water partition coefficient (Wildman–Crippen LogP) is 3.84. The molecule has 0 aliphatic heterocycles. The number of hydrogen-bond acceptors (Lipinski definition) is 2. The lowest BCUT2D eigenvalue weighted by Crippen LogP contribution is -2.40. The Labute approximate surface area is 113 Å². The monoisotopic (exact) mass is 273 g/mol. The lowest BCUT2D eigenvalue weighted by atomic mass is 9.94. The molecular weight excluding hydrogens is 254 g/mol. The molecule has 0 aromatic carbocycles. The lowest BCUT2D eigenvalue weighted by molar-refractivity contribution is -0.139. The number of rotatable bonds is 4. The summed E-state index contributed by atoms with van der Waals surface area (Å²) < 4.78 is 0. The third-order valence-electron chi connectivity index (χ3n) is 2.99. The molecule has 0 saturated carbocycles. The molecule has 2 nitrogen and oxygen atoms in total. The zero-order valence-corrected chi connectivity index (χ0v) is 12.7. The van der Waals surface area contributed by atoms with Gasteiger partial charge in [0.2, 0.25) is 5.91 Å². The van der Waals surface area contributed by atoms with Gasteiger partial charge in [-0.25, -0.2) is 0 Å². The molecule has 0 aliphatic carbocycles. The topological polar surface area (TPSA) is 20.3 Å². The van der Waals surface area contributed by atoms with Crippen LogP contribution in [0.5, 0.6) is 0 Å². The van der Waals surface area contributed by atoms with Gasteiger partial charge in [-0.15, -0.1) is 22.9 Å². The Balaban J connectivity index is 2.83. The van der Waals surface area contributed by atoms with Gasteiger partial charge in [-0.2, -0.15) is 0 Å². The molecule has 4 heteroatoms. The van der Waals surface area contributed by atoms with Crippen LogP contribution in [0.25, 0.3) is 0 Å². The maximum absolute atomic E-state index is 12.3. The van der Waals surface area contributed by atoms with Crippen LogP contribution in [-0.4, -0.2) is 23.7 Å². The van der Waals surface area contributed by atoms with E-state index in [1.165, 1.54) is 9.75 Å². The molecule has 0 bridgehead atoms. The van der Waals surface area contributed by atoms with Crippen molar-refractivity contribution in [1.29, 1.82) is 0 Å².